The summed E-state index contributed by atoms with van der Waals surface area (Å²) in [6.07, 6.45) is 2.67. The third-order valence-corrected chi connectivity index (χ3v) is 6.27. The maximum atomic E-state index is 12.8. The van der Waals surface area contributed by atoms with Gasteiger partial charge in [0.15, 0.2) is 0 Å². The number of nitrogens with zero attached hydrogens (tertiary/aromatic N) is 2. The second-order valence-electron chi connectivity index (χ2n) is 7.28. The Balaban J connectivity index is 1.54. The predicted molar refractivity (Wildman–Crippen MR) is 108 cm³/mol. The summed E-state index contributed by atoms with van der Waals surface area (Å²) in [5, 5.41) is 6.05. The molecule has 0 saturated carbocycles. The number of aryl methyl sites for hydroxylation is 2. The lowest BCUT2D eigenvalue weighted by molar-refractivity contribution is -0.118. The first-order valence-corrected chi connectivity index (χ1v) is 10.4. The van der Waals surface area contributed by atoms with Gasteiger partial charge in [-0.3, -0.25) is 9.59 Å². The minimum atomic E-state index is -0.00809. The number of nitrogens with one attached hydrogen (secondary N) is 1. The molecule has 1 aliphatic rings. The normalized spacial score (nSPS) is 15.0. The number of benzene rings is 1. The molecule has 1 saturated heterocycles. The molecule has 1 aromatic heterocycles. The molecule has 0 bridgehead atoms. The van der Waals surface area contributed by atoms with Crippen molar-refractivity contribution >= 4 is 23.2 Å². The van der Waals surface area contributed by atoms with Crippen LogP contribution in [-0.4, -0.2) is 41.3 Å². The summed E-state index contributed by atoms with van der Waals surface area (Å²) < 4.78 is 0. The molecule has 0 radical (unpaired) electrons. The molecule has 1 N–H and O–H groups in total. The monoisotopic (exact) mass is 385 g/mol. The molecule has 5 nitrogen and oxygen atoms in total. The van der Waals surface area contributed by atoms with Gasteiger partial charge in [0.25, 0.3) is 5.91 Å². The van der Waals surface area contributed by atoms with Crippen molar-refractivity contribution in [3.05, 3.63) is 51.0 Å². The number of aromatic nitrogens is 1. The second-order valence-corrected chi connectivity index (χ2v) is 8.17. The van der Waals surface area contributed by atoms with Gasteiger partial charge in [0.1, 0.15) is 0 Å². The molecule has 0 aliphatic carbocycles. The van der Waals surface area contributed by atoms with Crippen LogP contribution in [0.15, 0.2) is 23.6 Å². The van der Waals surface area contributed by atoms with Crippen LogP contribution in [-0.2, 0) is 11.2 Å². The Bertz CT molecular complexity index is 823. The Kier molecular flexibility index (Phi) is 6.26. The van der Waals surface area contributed by atoms with Crippen LogP contribution >= 0.6 is 11.3 Å². The average Bonchev–Trinajstić information content (AvgIpc) is 3.12. The largest absolute Gasteiger partial charge is 0.356 e. The molecule has 2 amide bonds. The lowest BCUT2D eigenvalue weighted by Crippen LogP contribution is -2.38. The molecule has 1 aliphatic heterocycles. The van der Waals surface area contributed by atoms with Gasteiger partial charge in [0, 0.05) is 49.8 Å². The highest BCUT2D eigenvalue weighted by molar-refractivity contribution is 7.09. The molecule has 2 heterocycles. The number of rotatable bonds is 5. The Morgan fingerprint density at radius 3 is 2.63 bits per heavy atom. The van der Waals surface area contributed by atoms with Crippen molar-refractivity contribution < 1.29 is 9.59 Å². The number of likely N-dealkylation sites (tertiary alicyclic amines) is 1. The Morgan fingerprint density at radius 1 is 1.22 bits per heavy atom. The van der Waals surface area contributed by atoms with Gasteiger partial charge in [-0.05, 0) is 49.9 Å². The third-order valence-electron chi connectivity index (χ3n) is 5.21. The number of carbonyl (C=O) groups is 2. The highest BCUT2D eigenvalue weighted by Crippen LogP contribution is 2.31. The Hall–Kier alpha value is -2.21. The topological polar surface area (TPSA) is 62.3 Å². The fourth-order valence-corrected chi connectivity index (χ4v) is 4.40. The van der Waals surface area contributed by atoms with E-state index in [1.54, 1.807) is 11.3 Å². The molecule has 1 fully saturated rings. The first kappa shape index (κ1) is 19.5. The summed E-state index contributed by atoms with van der Waals surface area (Å²) in [5.41, 5.74) is 4.19. The smallest absolute Gasteiger partial charge is 0.253 e. The van der Waals surface area contributed by atoms with Gasteiger partial charge >= 0.3 is 0 Å². The molecule has 6 heteroatoms. The van der Waals surface area contributed by atoms with Gasteiger partial charge in [0.2, 0.25) is 5.91 Å². The van der Waals surface area contributed by atoms with Gasteiger partial charge in [-0.15, -0.1) is 11.3 Å². The highest BCUT2D eigenvalue weighted by Gasteiger charge is 2.26. The highest BCUT2D eigenvalue weighted by atomic mass is 32.1. The van der Waals surface area contributed by atoms with Gasteiger partial charge in [-0.25, -0.2) is 4.98 Å². The van der Waals surface area contributed by atoms with E-state index in [1.165, 1.54) is 12.5 Å². The minimum Gasteiger partial charge on any atom is -0.356 e. The summed E-state index contributed by atoms with van der Waals surface area (Å²) in [6.45, 7) is 7.81. The van der Waals surface area contributed by atoms with Crippen molar-refractivity contribution in [2.45, 2.75) is 46.0 Å². The van der Waals surface area contributed by atoms with Crippen molar-refractivity contribution in [2.24, 2.45) is 0 Å². The molecule has 144 valence electrons. The number of hydrogen-bond acceptors (Lipinski definition) is 4. The van der Waals surface area contributed by atoms with Gasteiger partial charge in [0.05, 0.1) is 10.7 Å². The Morgan fingerprint density at radius 2 is 1.96 bits per heavy atom. The van der Waals surface area contributed by atoms with E-state index in [4.69, 9.17) is 4.98 Å². The van der Waals surface area contributed by atoms with Crippen LogP contribution in [0.25, 0.3) is 0 Å². The first-order chi connectivity index (χ1) is 12.9. The van der Waals surface area contributed by atoms with Crippen LogP contribution < -0.4 is 5.32 Å². The molecule has 0 spiro atoms. The fourth-order valence-electron chi connectivity index (χ4n) is 3.38. The van der Waals surface area contributed by atoms with Gasteiger partial charge in [-0.1, -0.05) is 6.07 Å². The number of carbonyl (C=O) groups excluding carboxylic acids is 2. The third kappa shape index (κ3) is 4.95. The van der Waals surface area contributed by atoms with Crippen molar-refractivity contribution in [3.8, 4) is 0 Å². The predicted octanol–water partition coefficient (Wildman–Crippen LogP) is 3.46. The second kappa shape index (κ2) is 8.65. The van der Waals surface area contributed by atoms with Crippen LogP contribution in [0.5, 0.6) is 0 Å². The van der Waals surface area contributed by atoms with Crippen molar-refractivity contribution in [3.63, 3.8) is 0 Å². The maximum Gasteiger partial charge on any atom is 0.253 e. The number of hydrogen-bond donors (Lipinski definition) is 1. The molecule has 3 rings (SSSR count). The maximum absolute atomic E-state index is 12.8. The lowest BCUT2D eigenvalue weighted by atomic mass is 9.96. The summed E-state index contributed by atoms with van der Waals surface area (Å²) >= 11 is 1.70. The first-order valence-electron chi connectivity index (χ1n) is 9.49. The van der Waals surface area contributed by atoms with Crippen molar-refractivity contribution in [1.29, 1.82) is 0 Å². The SMILES string of the molecule is CC(=O)NCCc1csc(C2CCN(C(=O)c3ccc(C)c(C)c3)CC2)n1. The van der Waals surface area contributed by atoms with E-state index < -0.39 is 0 Å². The summed E-state index contributed by atoms with van der Waals surface area (Å²) in [5.74, 6) is 0.547. The van der Waals surface area contributed by atoms with Crippen LogP contribution in [0.3, 0.4) is 0 Å². The van der Waals surface area contributed by atoms with Crippen LogP contribution in [0, 0.1) is 13.8 Å². The van der Waals surface area contributed by atoms with Crippen molar-refractivity contribution in [1.82, 2.24) is 15.2 Å². The summed E-state index contributed by atoms with van der Waals surface area (Å²) in [6, 6.07) is 5.94. The molecular weight excluding hydrogens is 358 g/mol. The fraction of sp³-hybridized carbons (Fsp3) is 0.476. The zero-order valence-electron chi connectivity index (χ0n) is 16.2. The summed E-state index contributed by atoms with van der Waals surface area (Å²) in [4.78, 5) is 30.4. The Labute approximate surface area is 164 Å². The number of piperidine rings is 1. The average molecular weight is 386 g/mol. The van der Waals surface area contributed by atoms with Gasteiger partial charge in [-0.2, -0.15) is 0 Å². The lowest BCUT2D eigenvalue weighted by Gasteiger charge is -2.31. The standard InChI is InChI=1S/C21H27N3O2S/c1-14-4-5-18(12-15(14)2)21(26)24-10-7-17(8-11-24)20-23-19(13-27-20)6-9-22-16(3)25/h4-5,12-13,17H,6-11H2,1-3H3,(H,22,25). The minimum absolute atomic E-state index is 0.00809. The molecule has 1 aromatic carbocycles. The van der Waals surface area contributed by atoms with E-state index in [1.807, 2.05) is 30.0 Å². The van der Waals surface area contributed by atoms with Crippen LogP contribution in [0.2, 0.25) is 0 Å². The van der Waals surface area contributed by atoms with Gasteiger partial charge < -0.3 is 10.2 Å². The van der Waals surface area contributed by atoms with Crippen LogP contribution in [0.4, 0.5) is 0 Å². The molecule has 0 atom stereocenters. The molecular formula is C21H27N3O2S. The zero-order valence-corrected chi connectivity index (χ0v) is 17.1. The molecule has 27 heavy (non-hydrogen) atoms. The van der Waals surface area contributed by atoms with E-state index in [-0.39, 0.29) is 11.8 Å². The van der Waals surface area contributed by atoms with E-state index in [2.05, 4.69) is 17.6 Å². The molecule has 2 aromatic rings. The van der Waals surface area contributed by atoms with E-state index in [0.29, 0.717) is 12.5 Å². The summed E-state index contributed by atoms with van der Waals surface area (Å²) in [7, 11) is 0. The number of thiazole rings is 1. The zero-order chi connectivity index (χ0) is 19.4. The van der Waals surface area contributed by atoms with E-state index >= 15 is 0 Å². The molecule has 0 unspecified atom stereocenters. The number of amides is 2. The quantitative estimate of drug-likeness (QED) is 0.857. The van der Waals surface area contributed by atoms with Crippen molar-refractivity contribution in [2.75, 3.05) is 19.6 Å². The van der Waals surface area contributed by atoms with E-state index in [0.717, 1.165) is 54.2 Å². The van der Waals surface area contributed by atoms with E-state index in [9.17, 15) is 9.59 Å². The van der Waals surface area contributed by atoms with Crippen LogP contribution in [0.1, 0.15) is 57.9 Å².